The van der Waals surface area contributed by atoms with Crippen LogP contribution in [0.25, 0.3) is 11.1 Å². The lowest BCUT2D eigenvalue weighted by atomic mass is 9.97. The summed E-state index contributed by atoms with van der Waals surface area (Å²) < 4.78 is 0. The maximum absolute atomic E-state index is 10.6. The van der Waals surface area contributed by atoms with E-state index >= 15 is 0 Å². The molecular formula is C17H14ClNO. The first-order valence-electron chi connectivity index (χ1n) is 6.42. The molecule has 2 aromatic carbocycles. The molecule has 0 bridgehead atoms. The zero-order valence-corrected chi connectivity index (χ0v) is 11.5. The van der Waals surface area contributed by atoms with Gasteiger partial charge in [0.2, 0.25) is 0 Å². The smallest absolute Gasteiger partial charge is 0.106 e. The summed E-state index contributed by atoms with van der Waals surface area (Å²) in [5.74, 6) is 0. The quantitative estimate of drug-likeness (QED) is 0.733. The molecule has 0 fully saturated rings. The number of hydrogen-bond acceptors (Lipinski definition) is 1. The summed E-state index contributed by atoms with van der Waals surface area (Å²) >= 11 is 6.24. The van der Waals surface area contributed by atoms with E-state index in [0.717, 1.165) is 22.3 Å². The minimum absolute atomic E-state index is 0.672. The molecule has 0 spiro atoms. The highest BCUT2D eigenvalue weighted by molar-refractivity contribution is 6.33. The van der Waals surface area contributed by atoms with Gasteiger partial charge in [0.15, 0.2) is 0 Å². The van der Waals surface area contributed by atoms with Gasteiger partial charge in [-0.25, -0.2) is 0 Å². The lowest BCUT2D eigenvalue weighted by Gasteiger charge is -2.13. The van der Waals surface area contributed by atoms with E-state index < -0.39 is 6.10 Å². The maximum atomic E-state index is 10.6. The van der Waals surface area contributed by atoms with Gasteiger partial charge in [-0.3, -0.25) is 0 Å². The van der Waals surface area contributed by atoms with Crippen molar-refractivity contribution < 1.29 is 5.11 Å². The normalized spacial score (nSPS) is 12.3. The van der Waals surface area contributed by atoms with Crippen molar-refractivity contribution in [1.29, 1.82) is 0 Å². The van der Waals surface area contributed by atoms with Crippen molar-refractivity contribution in [2.24, 2.45) is 0 Å². The van der Waals surface area contributed by atoms with E-state index in [9.17, 15) is 5.11 Å². The molecule has 0 aliphatic rings. The second-order valence-corrected chi connectivity index (χ2v) is 5.02. The average Bonchev–Trinajstić information content (AvgIpc) is 2.97. The Balaban J connectivity index is 2.05. The van der Waals surface area contributed by atoms with Crippen molar-refractivity contribution in [2.75, 3.05) is 0 Å². The number of aromatic nitrogens is 1. The van der Waals surface area contributed by atoms with Crippen molar-refractivity contribution in [3.63, 3.8) is 0 Å². The van der Waals surface area contributed by atoms with Crippen LogP contribution in [0.3, 0.4) is 0 Å². The van der Waals surface area contributed by atoms with Crippen molar-refractivity contribution in [2.45, 2.75) is 6.10 Å². The van der Waals surface area contributed by atoms with E-state index in [0.29, 0.717) is 5.02 Å². The molecule has 3 heteroatoms. The number of hydrogen-bond donors (Lipinski definition) is 2. The minimum Gasteiger partial charge on any atom is -0.384 e. The lowest BCUT2D eigenvalue weighted by molar-refractivity contribution is 0.221. The highest BCUT2D eigenvalue weighted by Crippen LogP contribution is 2.35. The highest BCUT2D eigenvalue weighted by atomic mass is 35.5. The first-order chi connectivity index (χ1) is 9.77. The molecule has 0 saturated carbocycles. The molecule has 0 aliphatic carbocycles. The van der Waals surface area contributed by atoms with Crippen molar-refractivity contribution >= 4 is 11.6 Å². The van der Waals surface area contributed by atoms with Gasteiger partial charge < -0.3 is 10.1 Å². The first-order valence-corrected chi connectivity index (χ1v) is 6.80. The Hall–Kier alpha value is -2.03. The third-order valence-electron chi connectivity index (χ3n) is 3.35. The Morgan fingerprint density at radius 1 is 0.850 bits per heavy atom. The SMILES string of the molecule is O[C@@H](c1ccccc1)c1c[nH]cc1-c1ccccc1Cl. The van der Waals surface area contributed by atoms with Gasteiger partial charge in [0, 0.05) is 34.1 Å². The van der Waals surface area contributed by atoms with E-state index in [-0.39, 0.29) is 0 Å². The van der Waals surface area contributed by atoms with E-state index in [1.807, 2.05) is 67.0 Å². The van der Waals surface area contributed by atoms with Crippen molar-refractivity contribution in [1.82, 2.24) is 4.98 Å². The summed E-state index contributed by atoms with van der Waals surface area (Å²) in [5, 5.41) is 11.2. The molecule has 20 heavy (non-hydrogen) atoms. The Morgan fingerprint density at radius 3 is 2.30 bits per heavy atom. The molecule has 0 unspecified atom stereocenters. The van der Waals surface area contributed by atoms with Crippen LogP contribution in [-0.4, -0.2) is 10.1 Å². The lowest BCUT2D eigenvalue weighted by Crippen LogP contribution is -1.99. The molecular weight excluding hydrogens is 270 g/mol. The van der Waals surface area contributed by atoms with Crippen LogP contribution in [0.15, 0.2) is 67.0 Å². The Morgan fingerprint density at radius 2 is 1.55 bits per heavy atom. The van der Waals surface area contributed by atoms with Gasteiger partial charge in [-0.15, -0.1) is 0 Å². The average molecular weight is 284 g/mol. The monoisotopic (exact) mass is 283 g/mol. The predicted octanol–water partition coefficient (Wildman–Crippen LogP) is 4.42. The number of nitrogens with one attached hydrogen (secondary N) is 1. The molecule has 0 radical (unpaired) electrons. The van der Waals surface area contributed by atoms with Gasteiger partial charge in [-0.05, 0) is 11.6 Å². The molecule has 0 saturated heterocycles. The number of rotatable bonds is 3. The van der Waals surface area contributed by atoms with E-state index in [1.165, 1.54) is 0 Å². The standard InChI is InChI=1S/C17H14ClNO/c18-16-9-5-4-8-13(16)14-10-19-11-15(14)17(20)12-6-2-1-3-7-12/h1-11,17,19-20H/t17-/m0/s1. The molecule has 1 aromatic heterocycles. The number of aliphatic hydroxyl groups is 1. The summed E-state index contributed by atoms with van der Waals surface area (Å²) in [6, 6.07) is 17.2. The van der Waals surface area contributed by atoms with Crippen molar-refractivity contribution in [3.05, 3.63) is 83.1 Å². The summed E-state index contributed by atoms with van der Waals surface area (Å²) in [5.41, 5.74) is 3.53. The summed E-state index contributed by atoms with van der Waals surface area (Å²) in [6.45, 7) is 0. The number of aromatic amines is 1. The molecule has 3 aromatic rings. The van der Waals surface area contributed by atoms with Gasteiger partial charge in [0.05, 0.1) is 0 Å². The van der Waals surface area contributed by atoms with E-state index in [4.69, 9.17) is 11.6 Å². The van der Waals surface area contributed by atoms with Crippen LogP contribution in [0.1, 0.15) is 17.2 Å². The number of benzene rings is 2. The van der Waals surface area contributed by atoms with Gasteiger partial charge in [0.1, 0.15) is 6.10 Å². The van der Waals surface area contributed by atoms with Gasteiger partial charge in [0.25, 0.3) is 0 Å². The largest absolute Gasteiger partial charge is 0.384 e. The van der Waals surface area contributed by atoms with Crippen LogP contribution in [0.2, 0.25) is 5.02 Å². The summed E-state index contributed by atoms with van der Waals surface area (Å²) in [4.78, 5) is 3.06. The maximum Gasteiger partial charge on any atom is 0.106 e. The molecule has 3 rings (SSSR count). The second kappa shape index (κ2) is 5.53. The highest BCUT2D eigenvalue weighted by Gasteiger charge is 2.17. The zero-order chi connectivity index (χ0) is 13.9. The van der Waals surface area contributed by atoms with E-state index in [2.05, 4.69) is 4.98 Å². The molecule has 0 aliphatic heterocycles. The molecule has 1 atom stereocenters. The summed E-state index contributed by atoms with van der Waals surface area (Å²) in [6.07, 6.45) is 3.01. The van der Waals surface area contributed by atoms with Crippen molar-refractivity contribution in [3.8, 4) is 11.1 Å². The fourth-order valence-electron chi connectivity index (χ4n) is 2.33. The number of aliphatic hydroxyl groups excluding tert-OH is 1. The topological polar surface area (TPSA) is 36.0 Å². The fourth-order valence-corrected chi connectivity index (χ4v) is 2.57. The van der Waals surface area contributed by atoms with Crippen LogP contribution in [-0.2, 0) is 0 Å². The van der Waals surface area contributed by atoms with Crippen LogP contribution in [0.4, 0.5) is 0 Å². The molecule has 100 valence electrons. The number of H-pyrrole nitrogens is 1. The summed E-state index contributed by atoms with van der Waals surface area (Å²) in [7, 11) is 0. The third kappa shape index (κ3) is 2.36. The third-order valence-corrected chi connectivity index (χ3v) is 3.68. The van der Waals surface area contributed by atoms with E-state index in [1.54, 1.807) is 0 Å². The molecule has 0 amide bonds. The van der Waals surface area contributed by atoms with Crippen LogP contribution >= 0.6 is 11.6 Å². The fraction of sp³-hybridized carbons (Fsp3) is 0.0588. The van der Waals surface area contributed by atoms with Crippen LogP contribution in [0, 0.1) is 0 Å². The first kappa shape index (κ1) is 13.0. The Labute approximate surface area is 122 Å². The van der Waals surface area contributed by atoms with Crippen LogP contribution < -0.4 is 0 Å². The number of halogens is 1. The Kier molecular flexibility index (Phi) is 3.59. The molecule has 2 N–H and O–H groups in total. The van der Waals surface area contributed by atoms with Gasteiger partial charge in [-0.2, -0.15) is 0 Å². The predicted molar refractivity (Wildman–Crippen MR) is 81.7 cm³/mol. The second-order valence-electron chi connectivity index (χ2n) is 4.62. The van der Waals surface area contributed by atoms with Gasteiger partial charge >= 0.3 is 0 Å². The van der Waals surface area contributed by atoms with Gasteiger partial charge in [-0.1, -0.05) is 60.1 Å². The van der Waals surface area contributed by atoms with Crippen LogP contribution in [0.5, 0.6) is 0 Å². The zero-order valence-electron chi connectivity index (χ0n) is 10.8. The molecule has 2 nitrogen and oxygen atoms in total. The minimum atomic E-state index is -0.672. The Bertz CT molecular complexity index is 706. The molecule has 1 heterocycles.